The van der Waals surface area contributed by atoms with Crippen LogP contribution < -0.4 is 0 Å². The fraction of sp³-hybridized carbons (Fsp3) is 0.538. The second-order valence-corrected chi connectivity index (χ2v) is 5.10. The molecular weight excluding hydrogens is 287 g/mol. The summed E-state index contributed by atoms with van der Waals surface area (Å²) in [5.41, 5.74) is 0.139. The lowest BCUT2D eigenvalue weighted by Gasteiger charge is -2.32. The zero-order chi connectivity index (χ0) is 13.1. The summed E-state index contributed by atoms with van der Waals surface area (Å²) in [5.74, 6) is -0.315. The highest BCUT2D eigenvalue weighted by molar-refractivity contribution is 9.10. The second kappa shape index (κ2) is 5.94. The number of ether oxygens (including phenoxy) is 1. The Hall–Kier alpha value is -0.450. The molecule has 2 atom stereocenters. The molecule has 0 aliphatic rings. The fourth-order valence-electron chi connectivity index (χ4n) is 1.65. The molecule has 2 unspecified atom stereocenters. The third kappa shape index (κ3) is 3.27. The van der Waals surface area contributed by atoms with Gasteiger partial charge in [0.15, 0.2) is 0 Å². The molecule has 0 saturated heterocycles. The first-order valence-corrected chi connectivity index (χ1v) is 6.40. The number of rotatable bonds is 5. The molecule has 4 heteroatoms. The highest BCUT2D eigenvalue weighted by atomic mass is 79.9. The summed E-state index contributed by atoms with van der Waals surface area (Å²) >= 11 is 3.19. The van der Waals surface area contributed by atoms with Crippen molar-refractivity contribution in [2.24, 2.45) is 0 Å². The van der Waals surface area contributed by atoms with E-state index in [1.807, 2.05) is 13.8 Å². The van der Waals surface area contributed by atoms with E-state index >= 15 is 0 Å². The molecule has 1 aromatic carbocycles. The summed E-state index contributed by atoms with van der Waals surface area (Å²) in [5, 5.41) is 10.2. The van der Waals surface area contributed by atoms with E-state index in [1.54, 1.807) is 19.2 Å². The molecule has 0 aliphatic heterocycles. The van der Waals surface area contributed by atoms with E-state index < -0.39 is 11.7 Å². The molecule has 0 radical (unpaired) electrons. The molecule has 1 N–H and O–H groups in total. The van der Waals surface area contributed by atoms with Gasteiger partial charge in [0.1, 0.15) is 5.82 Å². The van der Waals surface area contributed by atoms with Crippen LogP contribution >= 0.6 is 15.9 Å². The van der Waals surface area contributed by atoms with Crippen molar-refractivity contribution >= 4 is 15.9 Å². The zero-order valence-corrected chi connectivity index (χ0v) is 11.9. The minimum Gasteiger partial charge on any atom is -0.390 e. The van der Waals surface area contributed by atoms with Gasteiger partial charge in [-0.3, -0.25) is 0 Å². The van der Waals surface area contributed by atoms with Crippen LogP contribution in [0.25, 0.3) is 0 Å². The number of hydrogen-bond donors (Lipinski definition) is 1. The highest BCUT2D eigenvalue weighted by Gasteiger charge is 2.31. The molecular formula is C13H18BrFO2. The standard InChI is InChI=1S/C13H18BrFO2/c1-4-13(2,17-3)11(16)8-9-6-5-7-10(15)12(9)14/h5-7,11,16H,4,8H2,1-3H3. The van der Waals surface area contributed by atoms with Crippen LogP contribution in [0.1, 0.15) is 25.8 Å². The largest absolute Gasteiger partial charge is 0.390 e. The number of hydrogen-bond acceptors (Lipinski definition) is 2. The van der Waals surface area contributed by atoms with Gasteiger partial charge in [-0.15, -0.1) is 0 Å². The minimum absolute atomic E-state index is 0.315. The summed E-state index contributed by atoms with van der Waals surface area (Å²) in [6, 6.07) is 4.82. The first kappa shape index (κ1) is 14.6. The Labute approximate surface area is 110 Å². The van der Waals surface area contributed by atoms with Crippen LogP contribution in [0.4, 0.5) is 4.39 Å². The van der Waals surface area contributed by atoms with Crippen molar-refractivity contribution in [1.29, 1.82) is 0 Å². The van der Waals surface area contributed by atoms with Gasteiger partial charge >= 0.3 is 0 Å². The van der Waals surface area contributed by atoms with Crippen LogP contribution in [0.15, 0.2) is 22.7 Å². The fourth-order valence-corrected chi connectivity index (χ4v) is 2.07. The van der Waals surface area contributed by atoms with E-state index in [-0.39, 0.29) is 5.82 Å². The monoisotopic (exact) mass is 304 g/mol. The molecule has 0 amide bonds. The Morgan fingerprint density at radius 1 is 1.53 bits per heavy atom. The molecule has 96 valence electrons. The van der Waals surface area contributed by atoms with Gasteiger partial charge in [-0.25, -0.2) is 4.39 Å². The molecule has 2 nitrogen and oxygen atoms in total. The Balaban J connectivity index is 2.88. The Bertz CT molecular complexity index is 378. The second-order valence-electron chi connectivity index (χ2n) is 4.30. The van der Waals surface area contributed by atoms with Crippen molar-refractivity contribution in [2.45, 2.75) is 38.4 Å². The first-order valence-electron chi connectivity index (χ1n) is 5.60. The lowest BCUT2D eigenvalue weighted by atomic mass is 9.91. The van der Waals surface area contributed by atoms with Crippen molar-refractivity contribution in [2.75, 3.05) is 7.11 Å². The molecule has 0 bridgehead atoms. The molecule has 1 aromatic rings. The Morgan fingerprint density at radius 3 is 2.71 bits per heavy atom. The van der Waals surface area contributed by atoms with E-state index in [0.29, 0.717) is 17.3 Å². The van der Waals surface area contributed by atoms with E-state index in [2.05, 4.69) is 15.9 Å². The van der Waals surface area contributed by atoms with Crippen LogP contribution in [-0.2, 0) is 11.2 Å². The predicted molar refractivity (Wildman–Crippen MR) is 69.5 cm³/mol. The van der Waals surface area contributed by atoms with Crippen LogP contribution in [0.5, 0.6) is 0 Å². The number of aliphatic hydroxyl groups is 1. The molecule has 0 aliphatic carbocycles. The van der Waals surface area contributed by atoms with Crippen LogP contribution in [-0.4, -0.2) is 23.9 Å². The van der Waals surface area contributed by atoms with Gasteiger partial charge in [0.05, 0.1) is 16.2 Å². The zero-order valence-electron chi connectivity index (χ0n) is 10.3. The van der Waals surface area contributed by atoms with Gasteiger partial charge in [0.2, 0.25) is 0 Å². The van der Waals surface area contributed by atoms with Gasteiger partial charge < -0.3 is 9.84 Å². The Morgan fingerprint density at radius 2 is 2.18 bits per heavy atom. The number of methoxy groups -OCH3 is 1. The van der Waals surface area contributed by atoms with Gasteiger partial charge in [-0.05, 0) is 40.9 Å². The minimum atomic E-state index is -0.671. The van der Waals surface area contributed by atoms with Crippen molar-refractivity contribution in [3.8, 4) is 0 Å². The van der Waals surface area contributed by atoms with Crippen molar-refractivity contribution in [1.82, 2.24) is 0 Å². The van der Waals surface area contributed by atoms with E-state index in [1.165, 1.54) is 6.07 Å². The maximum absolute atomic E-state index is 13.3. The molecule has 0 fully saturated rings. The van der Waals surface area contributed by atoms with Crippen molar-refractivity contribution in [3.05, 3.63) is 34.1 Å². The third-order valence-electron chi connectivity index (χ3n) is 3.32. The number of benzene rings is 1. The first-order chi connectivity index (χ1) is 7.94. The van der Waals surface area contributed by atoms with Gasteiger partial charge in [0, 0.05) is 13.5 Å². The van der Waals surface area contributed by atoms with Crippen molar-refractivity contribution in [3.63, 3.8) is 0 Å². The normalized spacial score (nSPS) is 16.6. The van der Waals surface area contributed by atoms with E-state index in [0.717, 1.165) is 5.56 Å². The summed E-state index contributed by atoms with van der Waals surface area (Å²) < 4.78 is 19.1. The maximum Gasteiger partial charge on any atom is 0.137 e. The van der Waals surface area contributed by atoms with Crippen LogP contribution in [0, 0.1) is 5.82 Å². The molecule has 0 saturated carbocycles. The van der Waals surface area contributed by atoms with Crippen LogP contribution in [0.3, 0.4) is 0 Å². The quantitative estimate of drug-likeness (QED) is 0.904. The van der Waals surface area contributed by atoms with Gasteiger partial charge in [-0.2, -0.15) is 0 Å². The lowest BCUT2D eigenvalue weighted by Crippen LogP contribution is -2.42. The molecule has 17 heavy (non-hydrogen) atoms. The summed E-state index contributed by atoms with van der Waals surface area (Å²) in [6.07, 6.45) is 0.379. The van der Waals surface area contributed by atoms with Gasteiger partial charge in [-0.1, -0.05) is 19.1 Å². The van der Waals surface area contributed by atoms with E-state index in [9.17, 15) is 9.50 Å². The third-order valence-corrected chi connectivity index (χ3v) is 4.21. The maximum atomic E-state index is 13.3. The van der Waals surface area contributed by atoms with Gasteiger partial charge in [0.25, 0.3) is 0 Å². The summed E-state index contributed by atoms with van der Waals surface area (Å²) in [6.45, 7) is 3.80. The van der Waals surface area contributed by atoms with E-state index in [4.69, 9.17) is 4.74 Å². The van der Waals surface area contributed by atoms with Crippen molar-refractivity contribution < 1.29 is 14.2 Å². The molecule has 0 spiro atoms. The predicted octanol–water partition coefficient (Wildman–Crippen LogP) is 3.31. The average Bonchev–Trinajstić information content (AvgIpc) is 2.33. The van der Waals surface area contributed by atoms with Crippen LogP contribution in [0.2, 0.25) is 0 Å². The Kier molecular flexibility index (Phi) is 5.10. The molecule has 1 rings (SSSR count). The summed E-state index contributed by atoms with van der Waals surface area (Å²) in [4.78, 5) is 0. The smallest absolute Gasteiger partial charge is 0.137 e. The number of aliphatic hydroxyl groups excluding tert-OH is 1. The average molecular weight is 305 g/mol. The topological polar surface area (TPSA) is 29.5 Å². The SMILES string of the molecule is CCC(C)(OC)C(O)Cc1cccc(F)c1Br. The molecule has 0 aromatic heterocycles. The summed E-state index contributed by atoms with van der Waals surface area (Å²) in [7, 11) is 1.58. The highest BCUT2D eigenvalue weighted by Crippen LogP contribution is 2.26. The lowest BCUT2D eigenvalue weighted by molar-refractivity contribution is -0.0915. The number of halogens is 2. The molecule has 0 heterocycles.